The number of carbonyl (C=O) groups is 1. The van der Waals surface area contributed by atoms with Gasteiger partial charge in [0.25, 0.3) is 0 Å². The van der Waals surface area contributed by atoms with Crippen molar-refractivity contribution in [1.82, 2.24) is 5.32 Å². The van der Waals surface area contributed by atoms with Crippen LogP contribution < -0.4 is 11.1 Å². The van der Waals surface area contributed by atoms with Gasteiger partial charge in [0.2, 0.25) is 5.91 Å². The molecule has 4 heteroatoms. The van der Waals surface area contributed by atoms with E-state index in [4.69, 9.17) is 10.8 Å². The predicted molar refractivity (Wildman–Crippen MR) is 54.6 cm³/mol. The van der Waals surface area contributed by atoms with Crippen molar-refractivity contribution in [2.45, 2.75) is 44.8 Å². The maximum Gasteiger partial charge on any atom is 0.223 e. The molecular formula is C10H20N2O2. The minimum Gasteiger partial charge on any atom is -0.393 e. The first kappa shape index (κ1) is 11.5. The molecule has 1 fully saturated rings. The second-order valence-electron chi connectivity index (χ2n) is 4.20. The van der Waals surface area contributed by atoms with E-state index in [2.05, 4.69) is 5.32 Å². The van der Waals surface area contributed by atoms with Crippen LogP contribution in [0.2, 0.25) is 0 Å². The van der Waals surface area contributed by atoms with E-state index in [1.165, 1.54) is 0 Å². The zero-order valence-electron chi connectivity index (χ0n) is 8.70. The Balaban J connectivity index is 2.15. The minimum absolute atomic E-state index is 0.0959. The van der Waals surface area contributed by atoms with Gasteiger partial charge in [0.1, 0.15) is 0 Å². The van der Waals surface area contributed by atoms with Gasteiger partial charge in [-0.2, -0.15) is 0 Å². The number of nitrogens with one attached hydrogen (secondary N) is 1. The van der Waals surface area contributed by atoms with E-state index in [1.807, 2.05) is 0 Å². The van der Waals surface area contributed by atoms with Gasteiger partial charge in [0, 0.05) is 18.5 Å². The minimum atomic E-state index is -0.346. The summed E-state index contributed by atoms with van der Waals surface area (Å²) < 4.78 is 0. The summed E-state index contributed by atoms with van der Waals surface area (Å²) in [5.41, 5.74) is 5.72. The number of nitrogens with two attached hydrogens (primary N) is 1. The lowest BCUT2D eigenvalue weighted by atomic mass is 10.1. The molecule has 0 radical (unpaired) electrons. The van der Waals surface area contributed by atoms with E-state index >= 15 is 0 Å². The summed E-state index contributed by atoms with van der Waals surface area (Å²) in [5.74, 6) is 0.192. The Kier molecular flexibility index (Phi) is 4.35. The van der Waals surface area contributed by atoms with Crippen LogP contribution in [0.5, 0.6) is 0 Å². The van der Waals surface area contributed by atoms with Crippen LogP contribution in [0.1, 0.15) is 32.6 Å². The lowest BCUT2D eigenvalue weighted by molar-refractivity contribution is -0.124. The number of amides is 1. The first-order valence-electron chi connectivity index (χ1n) is 5.31. The van der Waals surface area contributed by atoms with Crippen molar-refractivity contribution in [3.05, 3.63) is 0 Å². The maximum absolute atomic E-state index is 11.5. The molecule has 4 nitrogen and oxygen atoms in total. The van der Waals surface area contributed by atoms with Crippen LogP contribution >= 0.6 is 0 Å². The SMILES string of the molecule is CC(O)CCNC(=O)C1CCC(N)C1. The number of hydrogen-bond donors (Lipinski definition) is 3. The summed E-state index contributed by atoms with van der Waals surface area (Å²) in [7, 11) is 0. The number of hydrogen-bond acceptors (Lipinski definition) is 3. The van der Waals surface area contributed by atoms with E-state index in [-0.39, 0.29) is 24.0 Å². The topological polar surface area (TPSA) is 75.3 Å². The first-order chi connectivity index (χ1) is 6.59. The summed E-state index contributed by atoms with van der Waals surface area (Å²) in [6, 6.07) is 0.197. The van der Waals surface area contributed by atoms with Crippen LogP contribution in [-0.4, -0.2) is 29.7 Å². The normalized spacial score (nSPS) is 28.8. The Morgan fingerprint density at radius 3 is 2.86 bits per heavy atom. The van der Waals surface area contributed by atoms with Gasteiger partial charge in [0.05, 0.1) is 6.10 Å². The Morgan fingerprint density at radius 1 is 1.64 bits per heavy atom. The average Bonchev–Trinajstić information content (AvgIpc) is 2.51. The third-order valence-electron chi connectivity index (χ3n) is 2.71. The molecule has 4 N–H and O–H groups in total. The predicted octanol–water partition coefficient (Wildman–Crippen LogP) is 0.000900. The monoisotopic (exact) mass is 200 g/mol. The summed E-state index contributed by atoms with van der Waals surface area (Å²) in [6.07, 6.45) is 2.93. The van der Waals surface area contributed by atoms with Crippen molar-refractivity contribution < 1.29 is 9.90 Å². The molecule has 3 unspecified atom stereocenters. The van der Waals surface area contributed by atoms with Crippen LogP contribution in [0, 0.1) is 5.92 Å². The number of aliphatic hydroxyl groups is 1. The summed E-state index contributed by atoms with van der Waals surface area (Å²) in [4.78, 5) is 11.5. The Hall–Kier alpha value is -0.610. The maximum atomic E-state index is 11.5. The van der Waals surface area contributed by atoms with Gasteiger partial charge in [-0.15, -0.1) is 0 Å². The highest BCUT2D eigenvalue weighted by Gasteiger charge is 2.27. The Morgan fingerprint density at radius 2 is 2.36 bits per heavy atom. The Labute approximate surface area is 84.9 Å². The molecular weight excluding hydrogens is 180 g/mol. The smallest absolute Gasteiger partial charge is 0.223 e. The molecule has 1 aliphatic rings. The molecule has 82 valence electrons. The molecule has 0 bridgehead atoms. The van der Waals surface area contributed by atoms with Crippen LogP contribution in [0.4, 0.5) is 0 Å². The van der Waals surface area contributed by atoms with E-state index in [0.29, 0.717) is 13.0 Å². The molecule has 1 aliphatic carbocycles. The van der Waals surface area contributed by atoms with E-state index in [1.54, 1.807) is 6.92 Å². The molecule has 1 rings (SSSR count). The van der Waals surface area contributed by atoms with Crippen molar-refractivity contribution in [1.29, 1.82) is 0 Å². The quantitative estimate of drug-likeness (QED) is 0.598. The molecule has 0 saturated heterocycles. The van der Waals surface area contributed by atoms with E-state index < -0.39 is 0 Å². The zero-order chi connectivity index (χ0) is 10.6. The lowest BCUT2D eigenvalue weighted by Crippen LogP contribution is -2.32. The van der Waals surface area contributed by atoms with E-state index in [0.717, 1.165) is 19.3 Å². The van der Waals surface area contributed by atoms with Crippen molar-refractivity contribution >= 4 is 5.91 Å². The summed E-state index contributed by atoms with van der Waals surface area (Å²) >= 11 is 0. The molecule has 1 saturated carbocycles. The van der Waals surface area contributed by atoms with Crippen molar-refractivity contribution in [2.24, 2.45) is 11.7 Å². The third-order valence-corrected chi connectivity index (χ3v) is 2.71. The van der Waals surface area contributed by atoms with Crippen LogP contribution in [0.15, 0.2) is 0 Å². The van der Waals surface area contributed by atoms with Gasteiger partial charge in [-0.3, -0.25) is 4.79 Å². The van der Waals surface area contributed by atoms with Crippen molar-refractivity contribution in [3.8, 4) is 0 Å². The Bertz CT molecular complexity index is 195. The largest absolute Gasteiger partial charge is 0.393 e. The van der Waals surface area contributed by atoms with Gasteiger partial charge in [0.15, 0.2) is 0 Å². The molecule has 14 heavy (non-hydrogen) atoms. The first-order valence-corrected chi connectivity index (χ1v) is 5.31. The molecule has 0 aliphatic heterocycles. The number of rotatable bonds is 4. The van der Waals surface area contributed by atoms with Crippen LogP contribution in [0.3, 0.4) is 0 Å². The number of aliphatic hydroxyl groups excluding tert-OH is 1. The molecule has 1 amide bonds. The third kappa shape index (κ3) is 3.64. The highest BCUT2D eigenvalue weighted by atomic mass is 16.3. The van der Waals surface area contributed by atoms with Gasteiger partial charge in [-0.05, 0) is 32.6 Å². The summed E-state index contributed by atoms with van der Waals surface area (Å²) in [6.45, 7) is 2.28. The molecule has 0 aromatic carbocycles. The van der Waals surface area contributed by atoms with E-state index in [9.17, 15) is 4.79 Å². The second-order valence-corrected chi connectivity index (χ2v) is 4.20. The molecule has 3 atom stereocenters. The fourth-order valence-electron chi connectivity index (χ4n) is 1.80. The van der Waals surface area contributed by atoms with Gasteiger partial charge in [-0.1, -0.05) is 0 Å². The fourth-order valence-corrected chi connectivity index (χ4v) is 1.80. The highest BCUT2D eigenvalue weighted by molar-refractivity contribution is 5.78. The van der Waals surface area contributed by atoms with Gasteiger partial charge in [-0.25, -0.2) is 0 Å². The average molecular weight is 200 g/mol. The molecule has 0 heterocycles. The molecule has 0 aromatic rings. The second kappa shape index (κ2) is 5.32. The van der Waals surface area contributed by atoms with Crippen LogP contribution in [0.25, 0.3) is 0 Å². The standard InChI is InChI=1S/C10H20N2O2/c1-7(13)4-5-12-10(14)8-2-3-9(11)6-8/h7-9,13H,2-6,11H2,1H3,(H,12,14). The summed E-state index contributed by atoms with van der Waals surface area (Å²) in [5, 5.41) is 11.8. The number of carbonyl (C=O) groups excluding carboxylic acids is 1. The van der Waals surface area contributed by atoms with Crippen molar-refractivity contribution in [2.75, 3.05) is 6.54 Å². The van der Waals surface area contributed by atoms with Crippen molar-refractivity contribution in [3.63, 3.8) is 0 Å². The molecule has 0 spiro atoms. The molecule has 0 aromatic heterocycles. The van der Waals surface area contributed by atoms with Gasteiger partial charge < -0.3 is 16.2 Å². The lowest BCUT2D eigenvalue weighted by Gasteiger charge is -2.11. The van der Waals surface area contributed by atoms with Gasteiger partial charge >= 0.3 is 0 Å². The fraction of sp³-hybridized carbons (Fsp3) is 0.900. The zero-order valence-corrected chi connectivity index (χ0v) is 8.70. The van der Waals surface area contributed by atoms with Crippen LogP contribution in [-0.2, 0) is 4.79 Å². The highest BCUT2D eigenvalue weighted by Crippen LogP contribution is 2.23.